The fourth-order valence-electron chi connectivity index (χ4n) is 2.72. The van der Waals surface area contributed by atoms with E-state index in [9.17, 15) is 4.79 Å². The molecule has 164 valence electrons. The first-order valence-corrected chi connectivity index (χ1v) is 10.7. The molecule has 8 nitrogen and oxygen atoms in total. The maximum atomic E-state index is 12.5. The topological polar surface area (TPSA) is 86.9 Å². The third-order valence-electron chi connectivity index (χ3n) is 4.22. The summed E-state index contributed by atoms with van der Waals surface area (Å²) in [4.78, 5) is 16.6. The number of carbonyl (C=O) groups is 1. The van der Waals surface area contributed by atoms with Crippen LogP contribution < -0.4 is 10.1 Å². The number of nitrogens with one attached hydrogen (secondary N) is 1. The maximum Gasteiger partial charge on any atom is 0.278 e. The zero-order valence-electron chi connectivity index (χ0n) is 16.2. The Kier molecular flexibility index (Phi) is 6.86. The number of nitrogens with zero attached hydrogens (tertiary/aromatic N) is 5. The highest BCUT2D eigenvalue weighted by Gasteiger charge is 2.14. The fraction of sp³-hybridized carbons (Fsp3) is 0.100. The Labute approximate surface area is 202 Å². The van der Waals surface area contributed by atoms with Crippen molar-refractivity contribution >= 4 is 58.3 Å². The monoisotopic (exact) mass is 510 g/mol. The Morgan fingerprint density at radius 2 is 1.72 bits per heavy atom. The average molecular weight is 512 g/mol. The number of rotatable bonds is 7. The zero-order chi connectivity index (χ0) is 22.7. The molecular formula is C20H14Cl4N6O2. The van der Waals surface area contributed by atoms with Gasteiger partial charge in [0.15, 0.2) is 18.2 Å². The molecule has 12 heteroatoms. The second-order valence-corrected chi connectivity index (χ2v) is 8.16. The van der Waals surface area contributed by atoms with Crippen LogP contribution in [0.3, 0.4) is 0 Å². The zero-order valence-corrected chi connectivity index (χ0v) is 19.2. The molecule has 0 atom stereocenters. The third-order valence-corrected chi connectivity index (χ3v) is 5.56. The normalized spacial score (nSPS) is 10.9. The van der Waals surface area contributed by atoms with E-state index in [0.29, 0.717) is 32.4 Å². The fourth-order valence-corrected chi connectivity index (χ4v) is 3.55. The number of para-hydroxylation sites is 1. The molecule has 0 fully saturated rings. The summed E-state index contributed by atoms with van der Waals surface area (Å²) in [7, 11) is 0. The predicted molar refractivity (Wildman–Crippen MR) is 123 cm³/mol. The Bertz CT molecular complexity index is 1250. The van der Waals surface area contributed by atoms with Crippen molar-refractivity contribution in [3.05, 3.63) is 86.3 Å². The summed E-state index contributed by atoms with van der Waals surface area (Å²) in [6.07, 6.45) is 3.09. The Hall–Kier alpha value is -2.78. The van der Waals surface area contributed by atoms with Gasteiger partial charge in [0.2, 0.25) is 5.95 Å². The van der Waals surface area contributed by atoms with Gasteiger partial charge in [-0.05, 0) is 35.9 Å². The molecule has 32 heavy (non-hydrogen) atoms. The van der Waals surface area contributed by atoms with Gasteiger partial charge in [0.25, 0.3) is 5.91 Å². The van der Waals surface area contributed by atoms with Gasteiger partial charge in [0.05, 0.1) is 26.6 Å². The van der Waals surface area contributed by atoms with Gasteiger partial charge in [0.1, 0.15) is 6.33 Å². The molecule has 1 N–H and O–H groups in total. The van der Waals surface area contributed by atoms with Gasteiger partial charge < -0.3 is 4.74 Å². The van der Waals surface area contributed by atoms with Crippen LogP contribution in [0, 0.1) is 0 Å². The Balaban J connectivity index is 1.35. The van der Waals surface area contributed by atoms with E-state index in [-0.39, 0.29) is 18.4 Å². The van der Waals surface area contributed by atoms with Crippen LogP contribution in [-0.4, -0.2) is 30.5 Å². The SMILES string of the molecule is O=C(Nc1ncn(Cc2ccc(Cl)c(Cl)c2)n1)c1ccn(COc2c(Cl)cccc2Cl)n1. The number of amides is 1. The van der Waals surface area contributed by atoms with Gasteiger partial charge in [-0.3, -0.25) is 10.1 Å². The molecule has 4 rings (SSSR count). The number of ether oxygens (including phenoxy) is 1. The number of aromatic nitrogens is 5. The van der Waals surface area contributed by atoms with Crippen LogP contribution in [0.5, 0.6) is 5.75 Å². The first-order valence-electron chi connectivity index (χ1n) is 9.14. The summed E-state index contributed by atoms with van der Waals surface area (Å²) < 4.78 is 8.60. The van der Waals surface area contributed by atoms with Gasteiger partial charge in [-0.15, -0.1) is 5.10 Å². The lowest BCUT2D eigenvalue weighted by Crippen LogP contribution is -2.15. The van der Waals surface area contributed by atoms with E-state index in [1.165, 1.54) is 11.0 Å². The third kappa shape index (κ3) is 5.34. The van der Waals surface area contributed by atoms with Crippen molar-refractivity contribution in [2.45, 2.75) is 13.3 Å². The summed E-state index contributed by atoms with van der Waals surface area (Å²) in [5.41, 5.74) is 1.05. The molecule has 0 unspecified atom stereocenters. The van der Waals surface area contributed by atoms with Crippen molar-refractivity contribution in [2.24, 2.45) is 0 Å². The molecular weight excluding hydrogens is 498 g/mol. The summed E-state index contributed by atoms with van der Waals surface area (Å²) in [5.74, 6) is 0.0181. The number of hydrogen-bond acceptors (Lipinski definition) is 5. The molecule has 0 aliphatic rings. The van der Waals surface area contributed by atoms with Gasteiger partial charge >= 0.3 is 0 Å². The molecule has 4 aromatic rings. The van der Waals surface area contributed by atoms with Gasteiger partial charge in [-0.2, -0.15) is 5.10 Å². The van der Waals surface area contributed by atoms with Gasteiger partial charge in [-0.25, -0.2) is 14.3 Å². The summed E-state index contributed by atoms with van der Waals surface area (Å²) >= 11 is 24.1. The molecule has 1 amide bonds. The Morgan fingerprint density at radius 3 is 2.47 bits per heavy atom. The van der Waals surface area contributed by atoms with Crippen molar-refractivity contribution in [3.8, 4) is 5.75 Å². The van der Waals surface area contributed by atoms with E-state index in [0.717, 1.165) is 5.56 Å². The van der Waals surface area contributed by atoms with Crippen LogP contribution in [0.2, 0.25) is 20.1 Å². The minimum atomic E-state index is -0.466. The molecule has 2 heterocycles. The largest absolute Gasteiger partial charge is 0.468 e. The van der Waals surface area contributed by atoms with Crippen LogP contribution in [-0.2, 0) is 13.3 Å². The number of anilines is 1. The van der Waals surface area contributed by atoms with Crippen molar-refractivity contribution in [2.75, 3.05) is 5.32 Å². The average Bonchev–Trinajstić information content (AvgIpc) is 3.40. The second kappa shape index (κ2) is 9.79. The molecule has 0 aliphatic carbocycles. The highest BCUT2D eigenvalue weighted by atomic mass is 35.5. The van der Waals surface area contributed by atoms with Crippen LogP contribution >= 0.6 is 46.4 Å². The van der Waals surface area contributed by atoms with Gasteiger partial charge in [-0.1, -0.05) is 58.5 Å². The quantitative estimate of drug-likeness (QED) is 0.357. The number of hydrogen-bond donors (Lipinski definition) is 1. The Morgan fingerprint density at radius 1 is 0.938 bits per heavy atom. The van der Waals surface area contributed by atoms with Crippen LogP contribution in [0.25, 0.3) is 0 Å². The first kappa shape index (κ1) is 22.4. The molecule has 0 aliphatic heterocycles. The minimum Gasteiger partial charge on any atom is -0.468 e. The molecule has 0 bridgehead atoms. The van der Waals surface area contributed by atoms with E-state index in [4.69, 9.17) is 51.1 Å². The van der Waals surface area contributed by atoms with Crippen molar-refractivity contribution < 1.29 is 9.53 Å². The van der Waals surface area contributed by atoms with Crippen LogP contribution in [0.4, 0.5) is 5.95 Å². The van der Waals surface area contributed by atoms with E-state index in [1.807, 2.05) is 6.07 Å². The maximum absolute atomic E-state index is 12.5. The van der Waals surface area contributed by atoms with Crippen LogP contribution in [0.1, 0.15) is 16.1 Å². The van der Waals surface area contributed by atoms with E-state index in [1.54, 1.807) is 47.3 Å². The van der Waals surface area contributed by atoms with Crippen molar-refractivity contribution in [1.29, 1.82) is 0 Å². The predicted octanol–water partition coefficient (Wildman–Crippen LogP) is 5.43. The molecule has 0 saturated heterocycles. The molecule has 2 aromatic heterocycles. The van der Waals surface area contributed by atoms with Crippen molar-refractivity contribution in [3.63, 3.8) is 0 Å². The lowest BCUT2D eigenvalue weighted by Gasteiger charge is -2.09. The molecule has 0 spiro atoms. The molecule has 0 saturated carbocycles. The van der Waals surface area contributed by atoms with E-state index < -0.39 is 5.91 Å². The number of halogens is 4. The van der Waals surface area contributed by atoms with Gasteiger partial charge in [0, 0.05) is 6.20 Å². The number of carbonyl (C=O) groups excluding carboxylic acids is 1. The highest BCUT2D eigenvalue weighted by Crippen LogP contribution is 2.32. The van der Waals surface area contributed by atoms with E-state index >= 15 is 0 Å². The molecule has 2 aromatic carbocycles. The van der Waals surface area contributed by atoms with Crippen LogP contribution in [0.15, 0.2) is 55.0 Å². The molecule has 0 radical (unpaired) electrons. The smallest absolute Gasteiger partial charge is 0.278 e. The standard InChI is InChI=1S/C20H14Cl4N6O2/c21-13-5-4-12(8-16(13)24)9-30-10-25-20(28-30)26-19(31)17-6-7-29(27-17)11-32-18-14(22)2-1-3-15(18)23/h1-8,10H,9,11H2,(H,26,28,31). The summed E-state index contributed by atoms with van der Waals surface area (Å²) in [6.45, 7) is 0.434. The van der Waals surface area contributed by atoms with Crippen molar-refractivity contribution in [1.82, 2.24) is 24.5 Å². The first-order chi connectivity index (χ1) is 15.4. The summed E-state index contributed by atoms with van der Waals surface area (Å²) in [5, 5.41) is 12.7. The lowest BCUT2D eigenvalue weighted by atomic mass is 10.2. The summed E-state index contributed by atoms with van der Waals surface area (Å²) in [6, 6.07) is 11.9. The van der Waals surface area contributed by atoms with E-state index in [2.05, 4.69) is 20.5 Å². The number of benzene rings is 2. The lowest BCUT2D eigenvalue weighted by molar-refractivity contribution is 0.101. The highest BCUT2D eigenvalue weighted by molar-refractivity contribution is 6.42. The second-order valence-electron chi connectivity index (χ2n) is 6.53. The minimum absolute atomic E-state index is 0.0211.